The molecule has 0 aliphatic rings. The third-order valence-corrected chi connectivity index (χ3v) is 4.75. The van der Waals surface area contributed by atoms with Crippen molar-refractivity contribution in [3.63, 3.8) is 0 Å². The first-order valence-electron chi connectivity index (χ1n) is 6.02. The van der Waals surface area contributed by atoms with Gasteiger partial charge in [0.1, 0.15) is 0 Å². The first-order chi connectivity index (χ1) is 8.62. The van der Waals surface area contributed by atoms with Crippen molar-refractivity contribution in [3.05, 3.63) is 27.8 Å². The molecule has 0 aliphatic heterocycles. The van der Waals surface area contributed by atoms with Gasteiger partial charge in [-0.2, -0.15) is 0 Å². The van der Waals surface area contributed by atoms with Crippen molar-refractivity contribution < 1.29 is 8.42 Å². The molecule has 0 saturated heterocycles. The highest BCUT2D eigenvalue weighted by Gasteiger charge is 2.22. The molecule has 0 radical (unpaired) electrons. The van der Waals surface area contributed by atoms with E-state index in [1.165, 1.54) is 0 Å². The van der Waals surface area contributed by atoms with Crippen LogP contribution >= 0.6 is 22.6 Å². The maximum Gasteiger partial charge on any atom is 0.240 e. The summed E-state index contributed by atoms with van der Waals surface area (Å²) in [5.74, 6) is 0. The van der Waals surface area contributed by atoms with Crippen molar-refractivity contribution in [2.75, 3.05) is 27.2 Å². The molecule has 19 heavy (non-hydrogen) atoms. The van der Waals surface area contributed by atoms with E-state index in [2.05, 4.69) is 32.2 Å². The van der Waals surface area contributed by atoms with E-state index in [0.717, 1.165) is 10.1 Å². The molecule has 1 N–H and O–H groups in total. The van der Waals surface area contributed by atoms with E-state index in [4.69, 9.17) is 0 Å². The summed E-state index contributed by atoms with van der Waals surface area (Å²) in [6.45, 7) is 5.33. The first kappa shape index (κ1) is 16.9. The summed E-state index contributed by atoms with van der Waals surface area (Å²) in [6, 6.07) is 6.84. The molecule has 1 aromatic carbocycles. The van der Waals surface area contributed by atoms with Gasteiger partial charge in [0.15, 0.2) is 0 Å². The standard InChI is InChI=1S/C13H21IN2O2S/c1-13(2,10-16(3)4)9-15-19(17,18)12-7-5-11(14)6-8-12/h5-8,15H,9-10H2,1-4H3. The molecule has 4 nitrogen and oxygen atoms in total. The van der Waals surface area contributed by atoms with Gasteiger partial charge in [-0.25, -0.2) is 13.1 Å². The summed E-state index contributed by atoms with van der Waals surface area (Å²) >= 11 is 2.15. The highest BCUT2D eigenvalue weighted by molar-refractivity contribution is 14.1. The molecule has 0 aromatic heterocycles. The Labute approximate surface area is 129 Å². The van der Waals surface area contributed by atoms with Crippen molar-refractivity contribution in [1.82, 2.24) is 9.62 Å². The van der Waals surface area contributed by atoms with Crippen molar-refractivity contribution >= 4 is 32.6 Å². The SMILES string of the molecule is CN(C)CC(C)(C)CNS(=O)(=O)c1ccc(I)cc1. The van der Waals surface area contributed by atoms with Crippen LogP contribution in [0.15, 0.2) is 29.2 Å². The fourth-order valence-corrected chi connectivity index (χ4v) is 3.50. The van der Waals surface area contributed by atoms with Gasteiger partial charge in [-0.15, -0.1) is 0 Å². The fraction of sp³-hybridized carbons (Fsp3) is 0.538. The summed E-state index contributed by atoms with van der Waals surface area (Å²) in [5.41, 5.74) is -0.111. The van der Waals surface area contributed by atoms with Crippen molar-refractivity contribution in [1.29, 1.82) is 0 Å². The van der Waals surface area contributed by atoms with E-state index < -0.39 is 10.0 Å². The number of halogens is 1. The van der Waals surface area contributed by atoms with E-state index in [9.17, 15) is 8.42 Å². The summed E-state index contributed by atoms with van der Waals surface area (Å²) in [4.78, 5) is 2.37. The summed E-state index contributed by atoms with van der Waals surface area (Å²) in [7, 11) is 0.545. The topological polar surface area (TPSA) is 49.4 Å². The predicted octanol–water partition coefficient (Wildman–Crippen LogP) is 2.16. The average Bonchev–Trinajstić information content (AvgIpc) is 2.26. The lowest BCUT2D eigenvalue weighted by Gasteiger charge is -2.28. The zero-order valence-electron chi connectivity index (χ0n) is 11.8. The Balaban J connectivity index is 2.73. The van der Waals surface area contributed by atoms with Crippen LogP contribution in [0.5, 0.6) is 0 Å². The molecule has 0 saturated carbocycles. The van der Waals surface area contributed by atoms with Gasteiger partial charge in [0, 0.05) is 16.7 Å². The Bertz CT molecular complexity index is 510. The smallest absolute Gasteiger partial charge is 0.240 e. The largest absolute Gasteiger partial charge is 0.309 e. The number of benzene rings is 1. The number of hydrogen-bond donors (Lipinski definition) is 1. The second kappa shape index (κ2) is 6.51. The number of sulfonamides is 1. The molecule has 1 rings (SSSR count). The highest BCUT2D eigenvalue weighted by atomic mass is 127. The van der Waals surface area contributed by atoms with Crippen LogP contribution in [0.3, 0.4) is 0 Å². The van der Waals surface area contributed by atoms with Gasteiger partial charge in [0.2, 0.25) is 10.0 Å². The minimum absolute atomic E-state index is 0.111. The van der Waals surface area contributed by atoms with Crippen LogP contribution in [0.25, 0.3) is 0 Å². The molecule has 0 unspecified atom stereocenters. The third-order valence-electron chi connectivity index (χ3n) is 2.61. The van der Waals surface area contributed by atoms with E-state index in [1.54, 1.807) is 24.3 Å². The van der Waals surface area contributed by atoms with Gasteiger partial charge in [-0.1, -0.05) is 13.8 Å². The lowest BCUT2D eigenvalue weighted by Crippen LogP contribution is -2.39. The molecule has 0 aliphatic carbocycles. The molecule has 0 atom stereocenters. The van der Waals surface area contributed by atoms with Gasteiger partial charge >= 0.3 is 0 Å². The molecular weight excluding hydrogens is 375 g/mol. The lowest BCUT2D eigenvalue weighted by atomic mass is 9.93. The van der Waals surface area contributed by atoms with Gasteiger partial charge < -0.3 is 4.90 Å². The third kappa shape index (κ3) is 5.76. The van der Waals surface area contributed by atoms with Crippen molar-refractivity contribution in [2.24, 2.45) is 5.41 Å². The zero-order valence-corrected chi connectivity index (χ0v) is 14.7. The van der Waals surface area contributed by atoms with Gasteiger partial charge in [-0.3, -0.25) is 0 Å². The Morgan fingerprint density at radius 2 is 1.74 bits per heavy atom. The molecule has 0 fully saturated rings. The Kier molecular flexibility index (Phi) is 5.78. The van der Waals surface area contributed by atoms with Crippen LogP contribution in [0.4, 0.5) is 0 Å². The lowest BCUT2D eigenvalue weighted by molar-refractivity contribution is 0.242. The minimum atomic E-state index is -3.42. The van der Waals surface area contributed by atoms with Crippen LogP contribution in [0, 0.1) is 8.99 Å². The van der Waals surface area contributed by atoms with Gasteiger partial charge in [-0.05, 0) is 66.4 Å². The number of hydrogen-bond acceptors (Lipinski definition) is 3. The average molecular weight is 396 g/mol. The minimum Gasteiger partial charge on any atom is -0.309 e. The van der Waals surface area contributed by atoms with Crippen molar-refractivity contribution in [3.8, 4) is 0 Å². The van der Waals surface area contributed by atoms with E-state index in [1.807, 2.05) is 27.9 Å². The summed E-state index contributed by atoms with van der Waals surface area (Å²) in [5, 5.41) is 0. The van der Waals surface area contributed by atoms with Crippen LogP contribution in [-0.2, 0) is 10.0 Å². The van der Waals surface area contributed by atoms with E-state index in [-0.39, 0.29) is 5.41 Å². The summed E-state index contributed by atoms with van der Waals surface area (Å²) < 4.78 is 28.0. The maximum atomic E-state index is 12.1. The molecule has 0 bridgehead atoms. The number of nitrogens with one attached hydrogen (secondary N) is 1. The first-order valence-corrected chi connectivity index (χ1v) is 8.59. The molecule has 108 valence electrons. The van der Waals surface area contributed by atoms with Crippen molar-refractivity contribution in [2.45, 2.75) is 18.7 Å². The zero-order chi connectivity index (χ0) is 14.7. The van der Waals surface area contributed by atoms with E-state index >= 15 is 0 Å². The number of rotatable bonds is 6. The number of nitrogens with zero attached hydrogens (tertiary/aromatic N) is 1. The Hall–Kier alpha value is -0.180. The molecule has 6 heteroatoms. The molecule has 0 amide bonds. The van der Waals surface area contributed by atoms with Gasteiger partial charge in [0.05, 0.1) is 4.90 Å². The molecule has 1 aromatic rings. The van der Waals surface area contributed by atoms with Crippen LogP contribution in [0.1, 0.15) is 13.8 Å². The Morgan fingerprint density at radius 1 is 1.21 bits per heavy atom. The quantitative estimate of drug-likeness (QED) is 0.750. The normalized spacial score (nSPS) is 12.9. The van der Waals surface area contributed by atoms with E-state index in [0.29, 0.717) is 11.4 Å². The highest BCUT2D eigenvalue weighted by Crippen LogP contribution is 2.17. The van der Waals surface area contributed by atoms with Gasteiger partial charge in [0.25, 0.3) is 0 Å². The summed E-state index contributed by atoms with van der Waals surface area (Å²) in [6.07, 6.45) is 0. The monoisotopic (exact) mass is 396 g/mol. The fourth-order valence-electron chi connectivity index (χ4n) is 1.90. The molecular formula is C13H21IN2O2S. The van der Waals surface area contributed by atoms with Crippen LogP contribution in [0.2, 0.25) is 0 Å². The second-order valence-corrected chi connectivity index (χ2v) is 8.69. The Morgan fingerprint density at radius 3 is 2.21 bits per heavy atom. The second-order valence-electron chi connectivity index (χ2n) is 5.68. The van der Waals surface area contributed by atoms with Crippen LogP contribution < -0.4 is 4.72 Å². The predicted molar refractivity (Wildman–Crippen MR) is 86.7 cm³/mol. The molecule has 0 heterocycles. The van der Waals surface area contributed by atoms with Crippen LogP contribution in [-0.4, -0.2) is 40.5 Å². The maximum absolute atomic E-state index is 12.1. The molecule has 0 spiro atoms.